The molecule has 0 fully saturated rings. The van der Waals surface area contributed by atoms with E-state index >= 15 is 0 Å². The summed E-state index contributed by atoms with van der Waals surface area (Å²) in [6.45, 7) is 2.34. The number of carbonyl (C=O) groups excluding carboxylic acids is 1. The van der Waals surface area contributed by atoms with Gasteiger partial charge in [-0.2, -0.15) is 0 Å². The third-order valence-electron chi connectivity index (χ3n) is 5.33. The average molecular weight is 449 g/mol. The summed E-state index contributed by atoms with van der Waals surface area (Å²) < 4.78 is 7.16. The van der Waals surface area contributed by atoms with Gasteiger partial charge in [-0.05, 0) is 30.7 Å². The molecular weight excluding hydrogens is 430 g/mol. The van der Waals surface area contributed by atoms with Crippen molar-refractivity contribution in [3.63, 3.8) is 0 Å². The highest BCUT2D eigenvalue weighted by Gasteiger charge is 2.30. The van der Waals surface area contributed by atoms with Crippen molar-refractivity contribution in [2.24, 2.45) is 0 Å². The quantitative estimate of drug-likeness (QED) is 0.347. The fourth-order valence-corrected chi connectivity index (χ4v) is 5.07. The van der Waals surface area contributed by atoms with Crippen molar-refractivity contribution in [3.8, 4) is 5.69 Å². The van der Waals surface area contributed by atoms with Gasteiger partial charge in [0, 0.05) is 48.3 Å². The van der Waals surface area contributed by atoms with Gasteiger partial charge < -0.3 is 19.9 Å². The summed E-state index contributed by atoms with van der Waals surface area (Å²) >= 11 is 1.36. The molecule has 0 saturated carbocycles. The smallest absolute Gasteiger partial charge is 0.271 e. The van der Waals surface area contributed by atoms with Crippen LogP contribution < -0.4 is 10.6 Å². The second-order valence-corrected chi connectivity index (χ2v) is 8.52. The number of amides is 1. The molecule has 1 aromatic carbocycles. The van der Waals surface area contributed by atoms with E-state index in [-0.39, 0.29) is 11.6 Å². The van der Waals surface area contributed by atoms with Gasteiger partial charge >= 0.3 is 0 Å². The second-order valence-electron chi connectivity index (χ2n) is 7.52. The molecule has 3 aromatic heterocycles. The molecule has 0 saturated heterocycles. The predicted octanol–water partition coefficient (Wildman–Crippen LogP) is 4.30. The number of hydrogen-bond donors (Lipinski definition) is 2. The lowest BCUT2D eigenvalue weighted by atomic mass is 10.1. The van der Waals surface area contributed by atoms with Crippen molar-refractivity contribution >= 4 is 38.8 Å². The van der Waals surface area contributed by atoms with Crippen molar-refractivity contribution in [3.05, 3.63) is 80.6 Å². The number of hydrogen-bond acceptors (Lipinski definition) is 7. The third-order valence-corrected chi connectivity index (χ3v) is 6.41. The molecule has 1 amide bonds. The van der Waals surface area contributed by atoms with Gasteiger partial charge in [0.2, 0.25) is 0 Å². The number of ether oxygens (including phenoxy) is 1. The predicted molar refractivity (Wildman–Crippen MR) is 121 cm³/mol. The molecule has 0 bridgehead atoms. The zero-order valence-electron chi connectivity index (χ0n) is 17.3. The summed E-state index contributed by atoms with van der Waals surface area (Å²) in [5.41, 5.74) is 4.10. The summed E-state index contributed by atoms with van der Waals surface area (Å²) in [6, 6.07) is 10.2. The van der Waals surface area contributed by atoms with Crippen LogP contribution in [-0.2, 0) is 11.3 Å². The minimum Gasteiger partial charge on any atom is -0.380 e. The van der Waals surface area contributed by atoms with E-state index in [1.165, 1.54) is 23.5 Å². The number of nitrogens with zero attached hydrogens (tertiary/aromatic N) is 3. The van der Waals surface area contributed by atoms with Crippen molar-refractivity contribution < 1.29 is 14.5 Å². The van der Waals surface area contributed by atoms with Crippen LogP contribution in [-0.4, -0.2) is 27.5 Å². The number of nitrogens with one attached hydrogen (secondary N) is 2. The van der Waals surface area contributed by atoms with Crippen molar-refractivity contribution in [1.82, 2.24) is 14.9 Å². The van der Waals surface area contributed by atoms with E-state index in [2.05, 4.69) is 15.6 Å². The SMILES string of the molecule is COCc1cc(C)nc2sc3c(c12)N[C@H](c1ccn(-c2cccc([N+](=O)[O-])c2)c1)NC3=O. The molecule has 9 nitrogen and oxygen atoms in total. The molecular formula is C22H19N5O4S. The molecule has 1 atom stereocenters. The molecule has 0 unspecified atom stereocenters. The topological polar surface area (TPSA) is 111 Å². The van der Waals surface area contributed by atoms with E-state index in [9.17, 15) is 14.9 Å². The summed E-state index contributed by atoms with van der Waals surface area (Å²) in [5, 5.41) is 18.4. The van der Waals surface area contributed by atoms with Crippen LogP contribution in [0.3, 0.4) is 0 Å². The van der Waals surface area contributed by atoms with Gasteiger partial charge in [-0.15, -0.1) is 11.3 Å². The molecule has 4 heterocycles. The maximum atomic E-state index is 12.9. The Balaban J connectivity index is 1.52. The van der Waals surface area contributed by atoms with Crippen LogP contribution in [0.4, 0.5) is 11.4 Å². The minimum absolute atomic E-state index is 0.0182. The Bertz CT molecular complexity index is 1380. The molecule has 0 radical (unpaired) electrons. The lowest BCUT2D eigenvalue weighted by Crippen LogP contribution is -2.37. The Labute approximate surface area is 186 Å². The van der Waals surface area contributed by atoms with Gasteiger partial charge in [-0.1, -0.05) is 6.07 Å². The fraction of sp³-hybridized carbons (Fsp3) is 0.182. The molecule has 1 aliphatic heterocycles. The average Bonchev–Trinajstić information content (AvgIpc) is 3.39. The Hall–Kier alpha value is -3.76. The number of rotatable bonds is 5. The second kappa shape index (κ2) is 7.74. The number of fused-ring (bicyclic) bond motifs is 3. The number of thiophene rings is 1. The number of aryl methyl sites for hydroxylation is 1. The van der Waals surface area contributed by atoms with Gasteiger partial charge in [0.1, 0.15) is 15.9 Å². The zero-order valence-corrected chi connectivity index (χ0v) is 18.1. The minimum atomic E-state index is -0.454. The molecule has 1 aliphatic rings. The Morgan fingerprint density at radius 2 is 2.12 bits per heavy atom. The molecule has 162 valence electrons. The lowest BCUT2D eigenvalue weighted by molar-refractivity contribution is -0.384. The summed E-state index contributed by atoms with van der Waals surface area (Å²) in [6.07, 6.45) is 3.20. The zero-order chi connectivity index (χ0) is 22.4. The van der Waals surface area contributed by atoms with E-state index in [4.69, 9.17) is 4.74 Å². The highest BCUT2D eigenvalue weighted by molar-refractivity contribution is 7.21. The number of carbonyl (C=O) groups is 1. The van der Waals surface area contributed by atoms with E-state index < -0.39 is 11.1 Å². The number of nitro groups is 1. The normalized spacial score (nSPS) is 15.3. The van der Waals surface area contributed by atoms with Crippen molar-refractivity contribution in [2.75, 3.05) is 12.4 Å². The maximum Gasteiger partial charge on any atom is 0.271 e. The van der Waals surface area contributed by atoms with E-state index in [0.29, 0.717) is 17.2 Å². The number of methoxy groups -OCH3 is 1. The van der Waals surface area contributed by atoms with E-state index in [1.807, 2.05) is 31.5 Å². The number of aromatic nitrogens is 2. The van der Waals surface area contributed by atoms with Gasteiger partial charge in [-0.25, -0.2) is 4.98 Å². The molecule has 0 aliphatic carbocycles. The van der Waals surface area contributed by atoms with Crippen molar-refractivity contribution in [1.29, 1.82) is 0 Å². The highest BCUT2D eigenvalue weighted by atomic mass is 32.1. The number of non-ortho nitro benzene ring substituents is 1. The summed E-state index contributed by atoms with van der Waals surface area (Å²) in [4.78, 5) is 29.6. The third kappa shape index (κ3) is 3.39. The van der Waals surface area contributed by atoms with Crippen LogP contribution in [0.1, 0.15) is 32.7 Å². The molecule has 2 N–H and O–H groups in total. The molecule has 0 spiro atoms. The van der Waals surface area contributed by atoms with Crippen LogP contribution in [0.25, 0.3) is 15.9 Å². The molecule has 10 heteroatoms. The standard InChI is InChI=1S/C22H19N5O4S/c1-12-8-14(11-31-2)17-18-19(32-22(17)23-12)21(28)25-20(24-18)13-6-7-26(10-13)15-4-3-5-16(9-15)27(29)30/h3-10,20,24H,11H2,1-2H3,(H,25,28)/t20-/m0/s1. The summed E-state index contributed by atoms with van der Waals surface area (Å²) in [7, 11) is 1.64. The van der Waals surface area contributed by atoms with Crippen molar-refractivity contribution in [2.45, 2.75) is 19.7 Å². The van der Waals surface area contributed by atoms with Crippen LogP contribution in [0.15, 0.2) is 48.8 Å². The van der Waals surface area contributed by atoms with Crippen LogP contribution in [0, 0.1) is 17.0 Å². The first-order valence-corrected chi connectivity index (χ1v) is 10.7. The Kier molecular flexibility index (Phi) is 4.87. The molecule has 32 heavy (non-hydrogen) atoms. The first kappa shape index (κ1) is 20.2. The highest BCUT2D eigenvalue weighted by Crippen LogP contribution is 2.41. The fourth-order valence-electron chi connectivity index (χ4n) is 3.93. The van der Waals surface area contributed by atoms with Gasteiger partial charge in [-0.3, -0.25) is 14.9 Å². The van der Waals surface area contributed by atoms with Crippen LogP contribution >= 0.6 is 11.3 Å². The van der Waals surface area contributed by atoms with Crippen LogP contribution in [0.5, 0.6) is 0 Å². The van der Waals surface area contributed by atoms with E-state index in [0.717, 1.165) is 32.7 Å². The lowest BCUT2D eigenvalue weighted by Gasteiger charge is -2.26. The maximum absolute atomic E-state index is 12.9. The van der Waals surface area contributed by atoms with Crippen LogP contribution in [0.2, 0.25) is 0 Å². The summed E-state index contributed by atoms with van der Waals surface area (Å²) in [5.74, 6) is -0.170. The Morgan fingerprint density at radius 3 is 2.91 bits per heavy atom. The van der Waals surface area contributed by atoms with Gasteiger partial charge in [0.05, 0.1) is 22.9 Å². The first-order chi connectivity index (χ1) is 15.4. The number of nitro benzene ring substituents is 1. The van der Waals surface area contributed by atoms with E-state index in [1.54, 1.807) is 23.8 Å². The van der Waals surface area contributed by atoms with Gasteiger partial charge in [0.15, 0.2) is 0 Å². The monoisotopic (exact) mass is 449 g/mol. The number of pyridine rings is 1. The molecule has 5 rings (SSSR count). The Morgan fingerprint density at radius 1 is 1.28 bits per heavy atom. The largest absolute Gasteiger partial charge is 0.380 e. The first-order valence-electron chi connectivity index (χ1n) is 9.86. The molecule has 4 aromatic rings. The number of benzene rings is 1. The van der Waals surface area contributed by atoms with Gasteiger partial charge in [0.25, 0.3) is 11.6 Å². The number of anilines is 1.